The number of carboxylic acid groups (broad SMARTS) is 1. The van der Waals surface area contributed by atoms with Gasteiger partial charge in [-0.15, -0.1) is 0 Å². The number of nitrogens with one attached hydrogen (secondary N) is 5. The molecule has 310 valence electrons. The Morgan fingerprint density at radius 1 is 0.707 bits per heavy atom. The van der Waals surface area contributed by atoms with Gasteiger partial charge in [0.25, 0.3) is 0 Å². The van der Waals surface area contributed by atoms with E-state index >= 15 is 0 Å². The average molecular weight is 804 g/mol. The topological polar surface area (TPSA) is 290 Å². The number of aliphatic hydroxyl groups excluding tert-OH is 1. The Morgan fingerprint density at radius 2 is 1.28 bits per heavy atom. The summed E-state index contributed by atoms with van der Waals surface area (Å²) in [5.74, 6) is -5.74. The SMILES string of the molecule is C[C@H](NC(=O)[C@@H](N)Cc1ccc(O)cc1)C(=O)N[C@@H](Cc1ccccc1)C(=O)NCC(=O)N[C@@H](Cc1ccc(O)cc1)C(=O)N1CCC[C@H]1C(=O)N[C@@H](CO)C(=O)O. The van der Waals surface area contributed by atoms with E-state index in [0.717, 1.165) is 0 Å². The van der Waals surface area contributed by atoms with Crippen LogP contribution in [0, 0.1) is 0 Å². The maximum atomic E-state index is 13.9. The fourth-order valence-corrected chi connectivity index (χ4v) is 6.28. The van der Waals surface area contributed by atoms with Crippen molar-refractivity contribution in [2.75, 3.05) is 19.7 Å². The molecule has 18 heteroatoms. The van der Waals surface area contributed by atoms with Gasteiger partial charge in [0.2, 0.25) is 35.4 Å². The van der Waals surface area contributed by atoms with E-state index in [4.69, 9.17) is 5.73 Å². The Hall–Kier alpha value is -6.53. The smallest absolute Gasteiger partial charge is 0.328 e. The zero-order valence-electron chi connectivity index (χ0n) is 31.8. The molecule has 4 rings (SSSR count). The lowest BCUT2D eigenvalue weighted by atomic mass is 10.0. The molecule has 3 aromatic rings. The minimum Gasteiger partial charge on any atom is -0.508 e. The van der Waals surface area contributed by atoms with Crippen molar-refractivity contribution in [3.8, 4) is 11.5 Å². The van der Waals surface area contributed by atoms with Crippen LogP contribution in [0.3, 0.4) is 0 Å². The van der Waals surface area contributed by atoms with Crippen LogP contribution in [0.1, 0.15) is 36.5 Å². The van der Waals surface area contributed by atoms with Gasteiger partial charge in [-0.2, -0.15) is 0 Å². The normalized spacial score (nSPS) is 16.1. The lowest BCUT2D eigenvalue weighted by Crippen LogP contribution is -2.58. The van der Waals surface area contributed by atoms with Crippen LogP contribution in [-0.2, 0) is 52.8 Å². The fraction of sp³-hybridized carbons (Fsp3) is 0.375. The minimum atomic E-state index is -1.58. The van der Waals surface area contributed by atoms with E-state index < -0.39 is 90.8 Å². The number of phenols is 2. The Kier molecular flexibility index (Phi) is 16.1. The van der Waals surface area contributed by atoms with Crippen LogP contribution in [0.5, 0.6) is 11.5 Å². The number of nitrogens with zero attached hydrogens (tertiary/aromatic N) is 1. The molecular weight excluding hydrogens is 754 g/mol. The molecule has 6 amide bonds. The number of aliphatic carboxylic acids is 1. The molecule has 1 heterocycles. The number of hydrogen-bond acceptors (Lipinski definition) is 11. The Balaban J connectivity index is 1.42. The van der Waals surface area contributed by atoms with Crippen LogP contribution in [0.4, 0.5) is 0 Å². The predicted molar refractivity (Wildman–Crippen MR) is 208 cm³/mol. The maximum Gasteiger partial charge on any atom is 0.328 e. The molecule has 0 saturated carbocycles. The number of benzene rings is 3. The maximum absolute atomic E-state index is 13.9. The van der Waals surface area contributed by atoms with Crippen LogP contribution < -0.4 is 32.3 Å². The Labute approximate surface area is 334 Å². The van der Waals surface area contributed by atoms with Gasteiger partial charge in [-0.05, 0) is 67.1 Å². The number of carboxylic acids is 1. The lowest BCUT2D eigenvalue weighted by molar-refractivity contribution is -0.145. The Bertz CT molecular complexity index is 1910. The highest BCUT2D eigenvalue weighted by molar-refractivity contribution is 5.96. The number of likely N-dealkylation sites (tertiary alicyclic amines) is 1. The monoisotopic (exact) mass is 803 g/mol. The third-order valence-electron chi connectivity index (χ3n) is 9.46. The number of carbonyl (C=O) groups excluding carboxylic acids is 6. The molecule has 1 aliphatic heterocycles. The highest BCUT2D eigenvalue weighted by Crippen LogP contribution is 2.21. The first-order chi connectivity index (χ1) is 27.6. The molecule has 1 saturated heterocycles. The molecule has 6 atom stereocenters. The summed E-state index contributed by atoms with van der Waals surface area (Å²) in [6, 6.07) is 13.5. The van der Waals surface area contributed by atoms with Crippen molar-refractivity contribution in [1.29, 1.82) is 0 Å². The van der Waals surface area contributed by atoms with Gasteiger partial charge >= 0.3 is 5.97 Å². The van der Waals surface area contributed by atoms with Gasteiger partial charge in [0, 0.05) is 19.4 Å². The second-order valence-corrected chi connectivity index (χ2v) is 13.9. The van der Waals surface area contributed by atoms with E-state index in [9.17, 15) is 54.0 Å². The van der Waals surface area contributed by atoms with Crippen LogP contribution in [-0.4, -0.2) is 123 Å². The number of nitrogens with two attached hydrogens (primary N) is 1. The molecular formula is C40H49N7O11. The highest BCUT2D eigenvalue weighted by Gasteiger charge is 2.39. The molecule has 0 radical (unpaired) electrons. The van der Waals surface area contributed by atoms with Gasteiger partial charge in [0.05, 0.1) is 19.2 Å². The van der Waals surface area contributed by atoms with Crippen LogP contribution in [0.2, 0.25) is 0 Å². The summed E-state index contributed by atoms with van der Waals surface area (Å²) in [5, 5.41) is 50.4. The minimum absolute atomic E-state index is 0.0143. The number of hydrogen-bond donors (Lipinski definition) is 10. The zero-order chi connectivity index (χ0) is 42.4. The van der Waals surface area contributed by atoms with Crippen molar-refractivity contribution in [2.24, 2.45) is 5.73 Å². The Morgan fingerprint density at radius 3 is 1.86 bits per heavy atom. The van der Waals surface area contributed by atoms with Crippen molar-refractivity contribution in [2.45, 2.75) is 75.3 Å². The fourth-order valence-electron chi connectivity index (χ4n) is 6.28. The number of aliphatic hydroxyl groups is 1. The molecule has 1 aliphatic rings. The predicted octanol–water partition coefficient (Wildman–Crippen LogP) is -1.40. The number of aromatic hydroxyl groups is 2. The average Bonchev–Trinajstić information content (AvgIpc) is 3.70. The van der Waals surface area contributed by atoms with E-state index in [1.54, 1.807) is 54.6 Å². The molecule has 1 fully saturated rings. The van der Waals surface area contributed by atoms with Crippen LogP contribution in [0.15, 0.2) is 78.9 Å². The zero-order valence-corrected chi connectivity index (χ0v) is 31.8. The van der Waals surface area contributed by atoms with Crippen LogP contribution in [0.25, 0.3) is 0 Å². The summed E-state index contributed by atoms with van der Waals surface area (Å²) in [4.78, 5) is 92.6. The third-order valence-corrected chi connectivity index (χ3v) is 9.46. The van der Waals surface area contributed by atoms with Crippen molar-refractivity contribution in [3.63, 3.8) is 0 Å². The first-order valence-corrected chi connectivity index (χ1v) is 18.6. The quantitative estimate of drug-likeness (QED) is 0.0670. The summed E-state index contributed by atoms with van der Waals surface area (Å²) in [7, 11) is 0. The van der Waals surface area contributed by atoms with Crippen molar-refractivity contribution < 1.29 is 54.0 Å². The first kappa shape index (κ1) is 44.2. The number of carbonyl (C=O) groups is 7. The van der Waals surface area contributed by atoms with Gasteiger partial charge < -0.3 is 57.6 Å². The molecule has 18 nitrogen and oxygen atoms in total. The molecule has 3 aromatic carbocycles. The number of amides is 6. The standard InChI is InChI=1S/C40H49N7O11/c1-23(43-36(53)29(41)18-25-9-13-27(49)14-10-25)35(52)45-30(19-24-6-3-2-4-7-24)37(54)42-21-34(51)44-31(20-26-11-15-28(50)16-12-26)39(56)47-17-5-8-33(47)38(55)46-32(22-48)40(57)58/h2-4,6-7,9-16,23,29-33,48-50H,5,8,17-22,41H2,1H3,(H,42,54)(H,43,53)(H,44,51)(H,45,52)(H,46,55)(H,57,58)/t23-,29-,30-,31-,32-,33-/m0/s1. The molecule has 58 heavy (non-hydrogen) atoms. The first-order valence-electron chi connectivity index (χ1n) is 18.6. The van der Waals surface area contributed by atoms with Crippen molar-refractivity contribution >= 4 is 41.4 Å². The van der Waals surface area contributed by atoms with Gasteiger partial charge in [-0.3, -0.25) is 28.8 Å². The molecule has 0 bridgehead atoms. The van der Waals surface area contributed by atoms with Crippen LogP contribution >= 0.6 is 0 Å². The summed E-state index contributed by atoms with van der Waals surface area (Å²) in [5.41, 5.74) is 7.97. The summed E-state index contributed by atoms with van der Waals surface area (Å²) in [6.45, 7) is 0.0492. The van der Waals surface area contributed by atoms with Gasteiger partial charge in [0.15, 0.2) is 0 Å². The van der Waals surface area contributed by atoms with E-state index in [1.165, 1.54) is 36.1 Å². The molecule has 0 spiro atoms. The van der Waals surface area contributed by atoms with E-state index in [1.807, 2.05) is 0 Å². The van der Waals surface area contributed by atoms with Crippen molar-refractivity contribution in [1.82, 2.24) is 31.5 Å². The highest BCUT2D eigenvalue weighted by atomic mass is 16.4. The van der Waals surface area contributed by atoms with E-state index in [2.05, 4.69) is 26.6 Å². The number of phenolic OH excluding ortho intramolecular Hbond substituents is 2. The molecule has 0 aliphatic carbocycles. The molecule has 0 unspecified atom stereocenters. The molecule has 0 aromatic heterocycles. The second-order valence-electron chi connectivity index (χ2n) is 13.9. The van der Waals surface area contributed by atoms with Gasteiger partial charge in [-0.25, -0.2) is 4.79 Å². The second kappa shape index (κ2) is 21.1. The largest absolute Gasteiger partial charge is 0.508 e. The van der Waals surface area contributed by atoms with Crippen molar-refractivity contribution in [3.05, 3.63) is 95.6 Å². The van der Waals surface area contributed by atoms with Gasteiger partial charge in [-0.1, -0.05) is 54.6 Å². The number of rotatable bonds is 19. The third kappa shape index (κ3) is 13.0. The van der Waals surface area contributed by atoms with Gasteiger partial charge in [0.1, 0.15) is 41.7 Å². The van der Waals surface area contributed by atoms with E-state index in [0.29, 0.717) is 23.1 Å². The lowest BCUT2D eigenvalue weighted by Gasteiger charge is -2.29. The summed E-state index contributed by atoms with van der Waals surface area (Å²) >= 11 is 0. The van der Waals surface area contributed by atoms with E-state index in [-0.39, 0.29) is 43.7 Å². The molecule has 11 N–H and O–H groups in total. The summed E-state index contributed by atoms with van der Waals surface area (Å²) < 4.78 is 0. The summed E-state index contributed by atoms with van der Waals surface area (Å²) in [6.07, 6.45) is 0.677.